The van der Waals surface area contributed by atoms with E-state index in [1.807, 2.05) is 11.8 Å². The van der Waals surface area contributed by atoms with E-state index in [4.69, 9.17) is 5.73 Å². The number of thioether (sulfide) groups is 1. The SMILES string of the molecule is CS/C(=C/CCN)C[Si](C)(C)C. The van der Waals surface area contributed by atoms with Crippen LogP contribution in [0.5, 0.6) is 0 Å². The van der Waals surface area contributed by atoms with E-state index in [2.05, 4.69) is 32.0 Å². The minimum absolute atomic E-state index is 0.774. The minimum Gasteiger partial charge on any atom is -0.330 e. The van der Waals surface area contributed by atoms with Crippen LogP contribution in [0.25, 0.3) is 0 Å². The zero-order valence-electron chi connectivity index (χ0n) is 8.68. The van der Waals surface area contributed by atoms with Gasteiger partial charge in [0.05, 0.1) is 0 Å². The van der Waals surface area contributed by atoms with Crippen LogP contribution in [0, 0.1) is 0 Å². The van der Waals surface area contributed by atoms with E-state index in [9.17, 15) is 0 Å². The van der Waals surface area contributed by atoms with Gasteiger partial charge in [-0.1, -0.05) is 25.7 Å². The summed E-state index contributed by atoms with van der Waals surface area (Å²) in [6.45, 7) is 7.98. The maximum atomic E-state index is 5.45. The molecule has 0 spiro atoms. The third kappa shape index (κ3) is 6.95. The first-order valence-corrected chi connectivity index (χ1v) is 9.36. The highest BCUT2D eigenvalue weighted by atomic mass is 32.2. The third-order valence-corrected chi connectivity index (χ3v) is 4.04. The molecule has 0 saturated carbocycles. The minimum atomic E-state index is -0.921. The first-order chi connectivity index (χ1) is 5.49. The fourth-order valence-corrected chi connectivity index (χ4v) is 4.35. The largest absolute Gasteiger partial charge is 0.330 e. The van der Waals surface area contributed by atoms with E-state index >= 15 is 0 Å². The van der Waals surface area contributed by atoms with Gasteiger partial charge in [-0.3, -0.25) is 0 Å². The zero-order valence-corrected chi connectivity index (χ0v) is 10.5. The Kier molecular flexibility index (Phi) is 5.96. The average Bonchev–Trinajstić information content (AvgIpc) is 1.95. The van der Waals surface area contributed by atoms with Crippen molar-refractivity contribution in [3.05, 3.63) is 11.0 Å². The van der Waals surface area contributed by atoms with Crippen molar-refractivity contribution in [2.75, 3.05) is 12.8 Å². The fraction of sp³-hybridized carbons (Fsp3) is 0.778. The van der Waals surface area contributed by atoms with Crippen LogP contribution >= 0.6 is 11.8 Å². The molecule has 0 rings (SSSR count). The smallest absolute Gasteiger partial charge is 0.0493 e. The predicted molar refractivity (Wildman–Crippen MR) is 63.4 cm³/mol. The van der Waals surface area contributed by atoms with E-state index < -0.39 is 8.07 Å². The first-order valence-electron chi connectivity index (χ1n) is 4.42. The average molecular weight is 203 g/mol. The van der Waals surface area contributed by atoms with E-state index in [1.54, 1.807) is 0 Å². The highest BCUT2D eigenvalue weighted by Crippen LogP contribution is 2.24. The van der Waals surface area contributed by atoms with E-state index in [1.165, 1.54) is 10.9 Å². The highest BCUT2D eigenvalue weighted by Gasteiger charge is 2.14. The second-order valence-corrected chi connectivity index (χ2v) is 10.6. The quantitative estimate of drug-likeness (QED) is 0.695. The topological polar surface area (TPSA) is 26.0 Å². The molecule has 0 saturated heterocycles. The van der Waals surface area contributed by atoms with Crippen LogP contribution in [0.2, 0.25) is 25.7 Å². The Balaban J connectivity index is 3.99. The summed E-state index contributed by atoms with van der Waals surface area (Å²) in [7, 11) is -0.921. The van der Waals surface area contributed by atoms with Gasteiger partial charge in [0.1, 0.15) is 0 Å². The van der Waals surface area contributed by atoms with Crippen LogP contribution in [0.15, 0.2) is 11.0 Å². The molecular weight excluding hydrogens is 182 g/mol. The summed E-state index contributed by atoms with van der Waals surface area (Å²) >= 11 is 1.88. The summed E-state index contributed by atoms with van der Waals surface area (Å²) in [6.07, 6.45) is 5.48. The lowest BCUT2D eigenvalue weighted by molar-refractivity contribution is 1.00. The molecule has 0 amide bonds. The Morgan fingerprint density at radius 3 is 2.33 bits per heavy atom. The van der Waals surface area contributed by atoms with Gasteiger partial charge in [0.25, 0.3) is 0 Å². The molecule has 0 atom stereocenters. The molecular formula is C9H21NSSi. The van der Waals surface area contributed by atoms with Gasteiger partial charge in [-0.15, -0.1) is 11.8 Å². The second-order valence-electron chi connectivity index (χ2n) is 4.19. The van der Waals surface area contributed by atoms with Gasteiger partial charge in [-0.05, 0) is 30.2 Å². The van der Waals surface area contributed by atoms with Crippen molar-refractivity contribution in [1.82, 2.24) is 0 Å². The Hall–Kier alpha value is 0.267. The summed E-state index contributed by atoms with van der Waals surface area (Å²) in [5.74, 6) is 0. The molecule has 0 aromatic heterocycles. The molecule has 0 aromatic carbocycles. The summed E-state index contributed by atoms with van der Waals surface area (Å²) in [5, 5.41) is 0. The van der Waals surface area contributed by atoms with Crippen LogP contribution in [0.4, 0.5) is 0 Å². The molecule has 1 nitrogen and oxygen atoms in total. The highest BCUT2D eigenvalue weighted by molar-refractivity contribution is 8.02. The van der Waals surface area contributed by atoms with Crippen LogP contribution < -0.4 is 5.73 Å². The Bertz CT molecular complexity index is 149. The summed E-state index contributed by atoms with van der Waals surface area (Å²) < 4.78 is 0. The van der Waals surface area contributed by atoms with Crippen molar-refractivity contribution in [2.45, 2.75) is 32.1 Å². The van der Waals surface area contributed by atoms with Gasteiger partial charge >= 0.3 is 0 Å². The Labute approximate surface area is 81.8 Å². The molecule has 0 aliphatic carbocycles. The van der Waals surface area contributed by atoms with Crippen molar-refractivity contribution in [3.63, 3.8) is 0 Å². The number of nitrogens with two attached hydrogens (primary N) is 1. The standard InChI is InChI=1S/C9H21NSSi/c1-11-9(6-5-7-10)8-12(2,3)4/h6H,5,7-8,10H2,1-4H3/b9-6+. The van der Waals surface area contributed by atoms with Gasteiger partial charge in [0.15, 0.2) is 0 Å². The van der Waals surface area contributed by atoms with Crippen LogP contribution in [-0.4, -0.2) is 20.9 Å². The van der Waals surface area contributed by atoms with Crippen molar-refractivity contribution in [2.24, 2.45) is 5.73 Å². The van der Waals surface area contributed by atoms with Gasteiger partial charge in [-0.25, -0.2) is 0 Å². The molecule has 0 radical (unpaired) electrons. The van der Waals surface area contributed by atoms with Gasteiger partial charge in [0.2, 0.25) is 0 Å². The van der Waals surface area contributed by atoms with E-state index in [-0.39, 0.29) is 0 Å². The molecule has 0 bridgehead atoms. The Morgan fingerprint density at radius 1 is 1.42 bits per heavy atom. The molecule has 0 aliphatic rings. The van der Waals surface area contributed by atoms with Crippen molar-refractivity contribution >= 4 is 19.8 Å². The van der Waals surface area contributed by atoms with E-state index in [0.29, 0.717) is 0 Å². The lowest BCUT2D eigenvalue weighted by Crippen LogP contribution is -2.19. The Morgan fingerprint density at radius 2 is 2.00 bits per heavy atom. The normalized spacial score (nSPS) is 13.6. The molecule has 12 heavy (non-hydrogen) atoms. The summed E-state index contributed by atoms with van der Waals surface area (Å²) in [4.78, 5) is 1.53. The molecule has 0 aromatic rings. The molecule has 0 fully saturated rings. The number of allylic oxidation sites excluding steroid dienone is 1. The maximum absolute atomic E-state index is 5.45. The summed E-state index contributed by atoms with van der Waals surface area (Å²) in [6, 6.07) is 1.30. The lowest BCUT2D eigenvalue weighted by Gasteiger charge is -2.16. The number of hydrogen-bond acceptors (Lipinski definition) is 2. The van der Waals surface area contributed by atoms with Gasteiger partial charge < -0.3 is 5.73 Å². The lowest BCUT2D eigenvalue weighted by atomic mass is 10.4. The van der Waals surface area contributed by atoms with Gasteiger partial charge in [-0.2, -0.15) is 0 Å². The first kappa shape index (κ1) is 12.3. The zero-order chi connectivity index (χ0) is 9.61. The third-order valence-electron chi connectivity index (χ3n) is 1.51. The molecule has 2 N–H and O–H groups in total. The molecule has 0 aliphatic heterocycles. The second kappa shape index (κ2) is 5.83. The van der Waals surface area contributed by atoms with Crippen molar-refractivity contribution < 1.29 is 0 Å². The molecule has 72 valence electrons. The van der Waals surface area contributed by atoms with Crippen LogP contribution in [-0.2, 0) is 0 Å². The monoisotopic (exact) mass is 203 g/mol. The fourth-order valence-electron chi connectivity index (χ4n) is 0.995. The van der Waals surface area contributed by atoms with E-state index in [0.717, 1.165) is 13.0 Å². The predicted octanol–water partition coefficient (Wildman–Crippen LogP) is 2.92. The molecule has 0 unspecified atom stereocenters. The summed E-state index contributed by atoms with van der Waals surface area (Å²) in [5.41, 5.74) is 5.45. The maximum Gasteiger partial charge on any atom is 0.0493 e. The molecule has 3 heteroatoms. The van der Waals surface area contributed by atoms with Crippen LogP contribution in [0.1, 0.15) is 6.42 Å². The van der Waals surface area contributed by atoms with Gasteiger partial charge in [0, 0.05) is 8.07 Å². The van der Waals surface area contributed by atoms with Crippen molar-refractivity contribution in [1.29, 1.82) is 0 Å². The number of rotatable bonds is 5. The van der Waals surface area contributed by atoms with Crippen LogP contribution in [0.3, 0.4) is 0 Å². The number of hydrogen-bond donors (Lipinski definition) is 1. The molecule has 0 heterocycles. The van der Waals surface area contributed by atoms with Crippen molar-refractivity contribution in [3.8, 4) is 0 Å².